The fraction of sp³-hybridized carbons (Fsp3) is 0.941. The minimum atomic E-state index is -0.389. The molecule has 4 heteroatoms. The highest BCUT2D eigenvalue weighted by molar-refractivity contribution is 5.85. The SMILES string of the molecule is CCCCCCCCCCCCCCCC(=O)OC(=O)CCCCCC(O)CCCCCCCCCCC. The monoisotopic (exact) mass is 538 g/mol. The van der Waals surface area contributed by atoms with E-state index in [1.54, 1.807) is 0 Å². The molecule has 4 nitrogen and oxygen atoms in total. The molecule has 0 rings (SSSR count). The molecule has 0 aliphatic rings. The van der Waals surface area contributed by atoms with E-state index >= 15 is 0 Å². The van der Waals surface area contributed by atoms with Gasteiger partial charge in [0.2, 0.25) is 0 Å². The lowest BCUT2D eigenvalue weighted by molar-refractivity contribution is -0.159. The number of carbonyl (C=O) groups is 2. The van der Waals surface area contributed by atoms with Gasteiger partial charge in [0.1, 0.15) is 0 Å². The van der Waals surface area contributed by atoms with Crippen molar-refractivity contribution in [1.29, 1.82) is 0 Å². The van der Waals surface area contributed by atoms with Crippen LogP contribution in [0.15, 0.2) is 0 Å². The van der Waals surface area contributed by atoms with Crippen LogP contribution < -0.4 is 0 Å². The predicted octanol–water partition coefficient (Wildman–Crippen LogP) is 10.8. The Kier molecular flexibility index (Phi) is 29.9. The van der Waals surface area contributed by atoms with E-state index in [1.807, 2.05) is 0 Å². The van der Waals surface area contributed by atoms with Gasteiger partial charge < -0.3 is 9.84 Å². The van der Waals surface area contributed by atoms with Crippen molar-refractivity contribution in [1.82, 2.24) is 0 Å². The highest BCUT2D eigenvalue weighted by Gasteiger charge is 2.10. The molecule has 0 saturated heterocycles. The summed E-state index contributed by atoms with van der Waals surface area (Å²) in [5.41, 5.74) is 0. The minimum absolute atomic E-state index is 0.214. The van der Waals surface area contributed by atoms with Crippen molar-refractivity contribution in [3.8, 4) is 0 Å². The van der Waals surface area contributed by atoms with Gasteiger partial charge in [-0.1, -0.05) is 162 Å². The molecule has 0 fully saturated rings. The highest BCUT2D eigenvalue weighted by atomic mass is 16.6. The van der Waals surface area contributed by atoms with Crippen molar-refractivity contribution in [2.75, 3.05) is 0 Å². The number of aliphatic hydroxyl groups is 1. The van der Waals surface area contributed by atoms with Gasteiger partial charge in [0.05, 0.1) is 6.10 Å². The average Bonchev–Trinajstić information content (AvgIpc) is 2.90. The fourth-order valence-corrected chi connectivity index (χ4v) is 5.18. The number of hydrogen-bond donors (Lipinski definition) is 1. The Balaban J connectivity index is 3.39. The van der Waals surface area contributed by atoms with E-state index in [-0.39, 0.29) is 18.0 Å². The molecule has 0 saturated carbocycles. The number of aliphatic hydroxyl groups excluding tert-OH is 1. The molecule has 1 atom stereocenters. The second kappa shape index (κ2) is 30.6. The number of esters is 2. The Morgan fingerprint density at radius 1 is 0.447 bits per heavy atom. The average molecular weight is 539 g/mol. The minimum Gasteiger partial charge on any atom is -0.393 e. The van der Waals surface area contributed by atoms with Gasteiger partial charge in [-0.15, -0.1) is 0 Å². The topological polar surface area (TPSA) is 63.6 Å². The third kappa shape index (κ3) is 29.7. The Labute approximate surface area is 237 Å². The molecule has 0 radical (unpaired) electrons. The van der Waals surface area contributed by atoms with E-state index in [0.29, 0.717) is 12.8 Å². The zero-order chi connectivity index (χ0) is 27.9. The van der Waals surface area contributed by atoms with Gasteiger partial charge in [-0.3, -0.25) is 9.59 Å². The Hall–Kier alpha value is -0.900. The number of unbranched alkanes of at least 4 members (excludes halogenated alkanes) is 22. The van der Waals surface area contributed by atoms with Crippen LogP contribution in [-0.2, 0) is 14.3 Å². The van der Waals surface area contributed by atoms with Crippen molar-refractivity contribution in [2.45, 2.75) is 206 Å². The molecule has 1 N–H and O–H groups in total. The molecule has 0 aromatic heterocycles. The summed E-state index contributed by atoms with van der Waals surface area (Å²) in [5.74, 6) is -0.755. The molecule has 0 aliphatic carbocycles. The van der Waals surface area contributed by atoms with E-state index in [2.05, 4.69) is 13.8 Å². The molecule has 38 heavy (non-hydrogen) atoms. The molecule has 0 amide bonds. The van der Waals surface area contributed by atoms with E-state index in [4.69, 9.17) is 4.74 Å². The van der Waals surface area contributed by atoms with E-state index < -0.39 is 0 Å². The predicted molar refractivity (Wildman–Crippen MR) is 162 cm³/mol. The highest BCUT2D eigenvalue weighted by Crippen LogP contribution is 2.15. The first-order valence-corrected chi connectivity index (χ1v) is 17.0. The number of ether oxygens (including phenoxy) is 1. The van der Waals surface area contributed by atoms with E-state index in [1.165, 1.54) is 122 Å². The van der Waals surface area contributed by atoms with Crippen molar-refractivity contribution >= 4 is 11.9 Å². The van der Waals surface area contributed by atoms with Crippen molar-refractivity contribution < 1.29 is 19.4 Å². The summed E-state index contributed by atoms with van der Waals surface area (Å²) in [6.45, 7) is 4.52. The van der Waals surface area contributed by atoms with Crippen molar-refractivity contribution in [2.24, 2.45) is 0 Å². The summed E-state index contributed by atoms with van der Waals surface area (Å²) in [6.07, 6.45) is 33.0. The first-order chi connectivity index (χ1) is 18.6. The molecule has 1 unspecified atom stereocenters. The van der Waals surface area contributed by atoms with Gasteiger partial charge >= 0.3 is 11.9 Å². The van der Waals surface area contributed by atoms with Crippen LogP contribution in [-0.4, -0.2) is 23.1 Å². The van der Waals surface area contributed by atoms with Gasteiger partial charge in [-0.25, -0.2) is 0 Å². The summed E-state index contributed by atoms with van der Waals surface area (Å²) in [4.78, 5) is 23.8. The first kappa shape index (κ1) is 37.1. The Morgan fingerprint density at radius 2 is 0.711 bits per heavy atom. The number of hydrogen-bond acceptors (Lipinski definition) is 4. The van der Waals surface area contributed by atoms with Crippen LogP contribution >= 0.6 is 0 Å². The number of rotatable bonds is 30. The van der Waals surface area contributed by atoms with E-state index in [9.17, 15) is 14.7 Å². The normalized spacial score (nSPS) is 12.1. The summed E-state index contributed by atoms with van der Waals surface area (Å²) in [6, 6.07) is 0. The quantitative estimate of drug-likeness (QED) is 0.0561. The van der Waals surface area contributed by atoms with Crippen LogP contribution in [0, 0.1) is 0 Å². The lowest BCUT2D eigenvalue weighted by Gasteiger charge is -2.10. The molecule has 0 aliphatic heterocycles. The van der Waals surface area contributed by atoms with Gasteiger partial charge in [0.25, 0.3) is 0 Å². The molecule has 0 spiro atoms. The van der Waals surface area contributed by atoms with Crippen LogP contribution in [0.25, 0.3) is 0 Å². The maximum atomic E-state index is 11.9. The lowest BCUT2D eigenvalue weighted by atomic mass is 10.0. The van der Waals surface area contributed by atoms with E-state index in [0.717, 1.165) is 51.4 Å². The van der Waals surface area contributed by atoms with Crippen LogP contribution in [0.5, 0.6) is 0 Å². The third-order valence-electron chi connectivity index (χ3n) is 7.77. The van der Waals surface area contributed by atoms with Crippen LogP contribution in [0.4, 0.5) is 0 Å². The fourth-order valence-electron chi connectivity index (χ4n) is 5.18. The summed E-state index contributed by atoms with van der Waals surface area (Å²) in [5, 5.41) is 10.2. The molecule has 0 aromatic carbocycles. The third-order valence-corrected chi connectivity index (χ3v) is 7.77. The van der Waals surface area contributed by atoms with Gasteiger partial charge in [-0.2, -0.15) is 0 Å². The molecule has 0 heterocycles. The smallest absolute Gasteiger partial charge is 0.313 e. The maximum absolute atomic E-state index is 11.9. The molecular weight excluding hydrogens is 472 g/mol. The zero-order valence-electron chi connectivity index (χ0n) is 25.8. The zero-order valence-corrected chi connectivity index (χ0v) is 25.8. The molecule has 0 aromatic rings. The summed E-state index contributed by atoms with van der Waals surface area (Å²) < 4.78 is 4.97. The van der Waals surface area contributed by atoms with Crippen LogP contribution in [0.1, 0.15) is 200 Å². The summed E-state index contributed by atoms with van der Waals surface area (Å²) in [7, 11) is 0. The molecular formula is C34H66O4. The molecule has 226 valence electrons. The van der Waals surface area contributed by atoms with Gasteiger partial charge in [-0.05, 0) is 25.7 Å². The number of carbonyl (C=O) groups excluding carboxylic acids is 2. The standard InChI is InChI=1S/C34H66O4/c1-3-5-7-9-11-13-14-15-16-18-20-22-26-30-33(36)38-34(37)31-27-23-25-29-32(35)28-24-21-19-17-12-10-8-6-4-2/h32,35H,3-31H2,1-2H3. The second-order valence-corrected chi connectivity index (χ2v) is 11.7. The van der Waals surface area contributed by atoms with Crippen LogP contribution in [0.3, 0.4) is 0 Å². The summed E-state index contributed by atoms with van der Waals surface area (Å²) >= 11 is 0. The Morgan fingerprint density at radius 3 is 1.05 bits per heavy atom. The van der Waals surface area contributed by atoms with Crippen molar-refractivity contribution in [3.63, 3.8) is 0 Å². The largest absolute Gasteiger partial charge is 0.393 e. The van der Waals surface area contributed by atoms with Gasteiger partial charge in [0.15, 0.2) is 0 Å². The van der Waals surface area contributed by atoms with Crippen molar-refractivity contribution in [3.05, 3.63) is 0 Å². The van der Waals surface area contributed by atoms with Crippen LogP contribution in [0.2, 0.25) is 0 Å². The lowest BCUT2D eigenvalue weighted by Crippen LogP contribution is -2.12. The maximum Gasteiger partial charge on any atom is 0.313 e. The van der Waals surface area contributed by atoms with Gasteiger partial charge in [0, 0.05) is 12.8 Å². The first-order valence-electron chi connectivity index (χ1n) is 17.0. The second-order valence-electron chi connectivity index (χ2n) is 11.7. The molecule has 0 bridgehead atoms. The Bertz CT molecular complexity index is 505.